The second kappa shape index (κ2) is 8.02. The van der Waals surface area contributed by atoms with E-state index < -0.39 is 5.92 Å². The van der Waals surface area contributed by atoms with Gasteiger partial charge in [0, 0.05) is 23.9 Å². The molecule has 0 aromatic heterocycles. The number of nitrogens with one attached hydrogen (secondary N) is 2. The van der Waals surface area contributed by atoms with E-state index in [4.69, 9.17) is 14.2 Å². The Kier molecular flexibility index (Phi) is 4.92. The number of anilines is 2. The molecule has 2 aliphatic heterocycles. The molecule has 1 atom stereocenters. The summed E-state index contributed by atoms with van der Waals surface area (Å²) in [5.74, 6) is 1.13. The predicted octanol–water partition coefficient (Wildman–Crippen LogP) is 4.06. The SMILES string of the molecule is O=C1CC(C(=O)Nc2cccc(COc3ccc4c(c3)OCO4)c2)c2ccccc2N1. The molecular weight excluding hydrogens is 396 g/mol. The van der Waals surface area contributed by atoms with E-state index in [2.05, 4.69) is 10.6 Å². The summed E-state index contributed by atoms with van der Waals surface area (Å²) in [5, 5.41) is 5.75. The van der Waals surface area contributed by atoms with Crippen LogP contribution in [0, 0.1) is 0 Å². The maximum Gasteiger partial charge on any atom is 0.232 e. The molecule has 2 amide bonds. The fourth-order valence-electron chi connectivity index (χ4n) is 3.75. The minimum Gasteiger partial charge on any atom is -0.489 e. The summed E-state index contributed by atoms with van der Waals surface area (Å²) in [4.78, 5) is 24.9. The molecular formula is C24H20N2O5. The van der Waals surface area contributed by atoms with Crippen LogP contribution in [0.3, 0.4) is 0 Å². The molecule has 1 unspecified atom stereocenters. The van der Waals surface area contributed by atoms with Crippen LogP contribution in [-0.4, -0.2) is 18.6 Å². The van der Waals surface area contributed by atoms with Crippen LogP contribution >= 0.6 is 0 Å². The van der Waals surface area contributed by atoms with Crippen molar-refractivity contribution in [2.75, 3.05) is 17.4 Å². The first-order valence-electron chi connectivity index (χ1n) is 9.97. The Balaban J connectivity index is 1.26. The van der Waals surface area contributed by atoms with Gasteiger partial charge < -0.3 is 24.8 Å². The van der Waals surface area contributed by atoms with Gasteiger partial charge in [-0.25, -0.2) is 0 Å². The first kappa shape index (κ1) is 19.0. The summed E-state index contributed by atoms with van der Waals surface area (Å²) in [6.07, 6.45) is 0.121. The Morgan fingerprint density at radius 1 is 1.03 bits per heavy atom. The zero-order chi connectivity index (χ0) is 21.2. The first-order valence-corrected chi connectivity index (χ1v) is 9.97. The maximum absolute atomic E-state index is 12.9. The van der Waals surface area contributed by atoms with Crippen molar-refractivity contribution in [2.45, 2.75) is 18.9 Å². The summed E-state index contributed by atoms with van der Waals surface area (Å²) in [5.41, 5.74) is 3.06. The van der Waals surface area contributed by atoms with Crippen molar-refractivity contribution in [1.29, 1.82) is 0 Å². The van der Waals surface area contributed by atoms with Gasteiger partial charge in [0.2, 0.25) is 18.6 Å². The van der Waals surface area contributed by atoms with E-state index in [1.807, 2.05) is 54.6 Å². The molecule has 0 saturated carbocycles. The number of carbonyl (C=O) groups excluding carboxylic acids is 2. The number of hydrogen-bond acceptors (Lipinski definition) is 5. The van der Waals surface area contributed by atoms with Gasteiger partial charge in [0.25, 0.3) is 0 Å². The highest BCUT2D eigenvalue weighted by atomic mass is 16.7. The summed E-state index contributed by atoms with van der Waals surface area (Å²) < 4.78 is 16.5. The zero-order valence-corrected chi connectivity index (χ0v) is 16.6. The third-order valence-corrected chi connectivity index (χ3v) is 5.26. The number of hydrogen-bond donors (Lipinski definition) is 2. The van der Waals surface area contributed by atoms with E-state index >= 15 is 0 Å². The molecule has 2 heterocycles. The van der Waals surface area contributed by atoms with Crippen LogP contribution in [0.1, 0.15) is 23.5 Å². The van der Waals surface area contributed by atoms with Crippen LogP contribution in [0.2, 0.25) is 0 Å². The van der Waals surface area contributed by atoms with Gasteiger partial charge in [0.05, 0.1) is 5.92 Å². The summed E-state index contributed by atoms with van der Waals surface area (Å²) >= 11 is 0. The Morgan fingerprint density at radius 3 is 2.84 bits per heavy atom. The second-order valence-electron chi connectivity index (χ2n) is 7.39. The van der Waals surface area contributed by atoms with Crippen molar-refractivity contribution in [1.82, 2.24) is 0 Å². The lowest BCUT2D eigenvalue weighted by Gasteiger charge is -2.24. The van der Waals surface area contributed by atoms with Crippen molar-refractivity contribution in [3.63, 3.8) is 0 Å². The molecule has 5 rings (SSSR count). The molecule has 3 aromatic carbocycles. The van der Waals surface area contributed by atoms with Crippen molar-refractivity contribution in [3.05, 3.63) is 77.9 Å². The zero-order valence-electron chi connectivity index (χ0n) is 16.6. The van der Waals surface area contributed by atoms with Crippen molar-refractivity contribution in [3.8, 4) is 17.2 Å². The fourth-order valence-corrected chi connectivity index (χ4v) is 3.75. The molecule has 0 radical (unpaired) electrons. The Bertz CT molecular complexity index is 1160. The topological polar surface area (TPSA) is 85.9 Å². The molecule has 31 heavy (non-hydrogen) atoms. The van der Waals surface area contributed by atoms with Gasteiger partial charge in [0.15, 0.2) is 11.5 Å². The average molecular weight is 416 g/mol. The smallest absolute Gasteiger partial charge is 0.232 e. The second-order valence-corrected chi connectivity index (χ2v) is 7.39. The Morgan fingerprint density at radius 2 is 1.90 bits per heavy atom. The van der Waals surface area contributed by atoms with Crippen LogP contribution in [0.25, 0.3) is 0 Å². The largest absolute Gasteiger partial charge is 0.489 e. The summed E-state index contributed by atoms with van der Waals surface area (Å²) in [6, 6.07) is 20.3. The summed E-state index contributed by atoms with van der Waals surface area (Å²) in [6.45, 7) is 0.547. The minimum atomic E-state index is -0.529. The molecule has 0 aliphatic carbocycles. The molecule has 2 N–H and O–H groups in total. The van der Waals surface area contributed by atoms with E-state index in [1.165, 1.54) is 0 Å². The molecule has 7 heteroatoms. The maximum atomic E-state index is 12.9. The highest BCUT2D eigenvalue weighted by molar-refractivity contribution is 6.05. The highest BCUT2D eigenvalue weighted by Gasteiger charge is 2.30. The Hall–Kier alpha value is -4.00. The molecule has 2 aliphatic rings. The van der Waals surface area contributed by atoms with Crippen LogP contribution in [0.4, 0.5) is 11.4 Å². The lowest BCUT2D eigenvalue weighted by molar-refractivity contribution is -0.123. The summed E-state index contributed by atoms with van der Waals surface area (Å²) in [7, 11) is 0. The quantitative estimate of drug-likeness (QED) is 0.655. The monoisotopic (exact) mass is 416 g/mol. The van der Waals surface area contributed by atoms with Gasteiger partial charge >= 0.3 is 0 Å². The van der Waals surface area contributed by atoms with Gasteiger partial charge in [-0.1, -0.05) is 30.3 Å². The number of fused-ring (bicyclic) bond motifs is 2. The van der Waals surface area contributed by atoms with Gasteiger partial charge in [0.1, 0.15) is 12.4 Å². The number of para-hydroxylation sites is 1. The molecule has 3 aromatic rings. The van der Waals surface area contributed by atoms with Crippen molar-refractivity contribution in [2.24, 2.45) is 0 Å². The van der Waals surface area contributed by atoms with E-state index in [0.29, 0.717) is 35.2 Å². The molecule has 156 valence electrons. The van der Waals surface area contributed by atoms with E-state index in [9.17, 15) is 9.59 Å². The molecule has 0 fully saturated rings. The number of rotatable bonds is 5. The van der Waals surface area contributed by atoms with Crippen LogP contribution < -0.4 is 24.8 Å². The number of amides is 2. The third kappa shape index (κ3) is 4.02. The Labute approximate surface area is 178 Å². The lowest BCUT2D eigenvalue weighted by Crippen LogP contribution is -2.30. The lowest BCUT2D eigenvalue weighted by atomic mass is 9.90. The van der Waals surface area contributed by atoms with Gasteiger partial charge in [-0.3, -0.25) is 9.59 Å². The van der Waals surface area contributed by atoms with Gasteiger partial charge in [-0.15, -0.1) is 0 Å². The van der Waals surface area contributed by atoms with Gasteiger partial charge in [-0.2, -0.15) is 0 Å². The molecule has 0 spiro atoms. The third-order valence-electron chi connectivity index (χ3n) is 5.26. The van der Waals surface area contributed by atoms with E-state index in [0.717, 1.165) is 11.1 Å². The molecule has 0 bridgehead atoms. The average Bonchev–Trinajstić information content (AvgIpc) is 3.25. The first-order chi connectivity index (χ1) is 15.2. The fraction of sp³-hybridized carbons (Fsp3) is 0.167. The standard InChI is InChI=1S/C24H20N2O5/c27-23-12-19(18-6-1-2-7-20(18)26-23)24(28)25-16-5-3-4-15(10-16)13-29-17-8-9-21-22(11-17)31-14-30-21/h1-11,19H,12-14H2,(H,25,28)(H,26,27). The molecule has 7 nitrogen and oxygen atoms in total. The highest BCUT2D eigenvalue weighted by Crippen LogP contribution is 2.35. The van der Waals surface area contributed by atoms with Crippen LogP contribution in [-0.2, 0) is 16.2 Å². The van der Waals surface area contributed by atoms with E-state index in [-0.39, 0.29) is 25.0 Å². The number of carbonyl (C=O) groups is 2. The van der Waals surface area contributed by atoms with Crippen LogP contribution in [0.5, 0.6) is 17.2 Å². The minimum absolute atomic E-state index is 0.121. The number of ether oxygens (including phenoxy) is 3. The van der Waals surface area contributed by atoms with Crippen molar-refractivity contribution >= 4 is 23.2 Å². The van der Waals surface area contributed by atoms with E-state index in [1.54, 1.807) is 12.1 Å². The predicted molar refractivity (Wildman–Crippen MR) is 114 cm³/mol. The number of benzene rings is 3. The molecule has 0 saturated heterocycles. The van der Waals surface area contributed by atoms with Crippen LogP contribution in [0.15, 0.2) is 66.7 Å². The van der Waals surface area contributed by atoms with Crippen molar-refractivity contribution < 1.29 is 23.8 Å². The van der Waals surface area contributed by atoms with Gasteiger partial charge in [-0.05, 0) is 41.5 Å². The normalized spacial score (nSPS) is 16.3.